The van der Waals surface area contributed by atoms with Gasteiger partial charge >= 0.3 is 11.9 Å². The quantitative estimate of drug-likeness (QED) is 0.576. The Morgan fingerprint density at radius 2 is 1.78 bits per heavy atom. The SMILES string of the molecule is CCC(CC)C(=O)OCOC(=O)C1CCNCC1. The molecule has 0 spiro atoms. The Bertz CT molecular complexity index is 270. The van der Waals surface area contributed by atoms with Crippen LogP contribution in [-0.2, 0) is 19.1 Å². The highest BCUT2D eigenvalue weighted by atomic mass is 16.7. The minimum Gasteiger partial charge on any atom is -0.428 e. The minimum atomic E-state index is -0.280. The van der Waals surface area contributed by atoms with Gasteiger partial charge in [0, 0.05) is 0 Å². The van der Waals surface area contributed by atoms with Crippen LogP contribution in [0.1, 0.15) is 39.5 Å². The van der Waals surface area contributed by atoms with Crippen LogP contribution in [0.2, 0.25) is 0 Å². The standard InChI is InChI=1S/C13H23NO4/c1-3-10(4-2)12(15)17-9-18-13(16)11-5-7-14-8-6-11/h10-11,14H,3-9H2,1-2H3. The van der Waals surface area contributed by atoms with E-state index in [2.05, 4.69) is 5.32 Å². The van der Waals surface area contributed by atoms with Gasteiger partial charge in [-0.15, -0.1) is 0 Å². The van der Waals surface area contributed by atoms with Crippen LogP contribution in [0.15, 0.2) is 0 Å². The second-order valence-electron chi connectivity index (χ2n) is 4.58. The molecule has 1 N–H and O–H groups in total. The molecule has 0 aromatic heterocycles. The van der Waals surface area contributed by atoms with Crippen molar-refractivity contribution in [3.05, 3.63) is 0 Å². The average molecular weight is 257 g/mol. The topological polar surface area (TPSA) is 64.6 Å². The van der Waals surface area contributed by atoms with Crippen LogP contribution in [0.5, 0.6) is 0 Å². The lowest BCUT2D eigenvalue weighted by Gasteiger charge is -2.21. The highest BCUT2D eigenvalue weighted by Gasteiger charge is 2.23. The number of piperidine rings is 1. The Kier molecular flexibility index (Phi) is 6.72. The van der Waals surface area contributed by atoms with Crippen molar-refractivity contribution in [2.75, 3.05) is 19.9 Å². The summed E-state index contributed by atoms with van der Waals surface area (Å²) in [7, 11) is 0. The molecule has 0 bridgehead atoms. The van der Waals surface area contributed by atoms with E-state index in [1.54, 1.807) is 0 Å². The Balaban J connectivity index is 2.20. The molecule has 1 saturated heterocycles. The fourth-order valence-electron chi connectivity index (χ4n) is 2.06. The van der Waals surface area contributed by atoms with Gasteiger partial charge in [-0.05, 0) is 38.8 Å². The van der Waals surface area contributed by atoms with Crippen molar-refractivity contribution in [3.8, 4) is 0 Å². The van der Waals surface area contributed by atoms with E-state index < -0.39 is 0 Å². The van der Waals surface area contributed by atoms with Crippen LogP contribution in [0.4, 0.5) is 0 Å². The zero-order chi connectivity index (χ0) is 13.4. The maximum absolute atomic E-state index is 11.6. The second kappa shape index (κ2) is 8.08. The maximum Gasteiger partial charge on any atom is 0.311 e. The van der Waals surface area contributed by atoms with Crippen molar-refractivity contribution in [1.82, 2.24) is 5.32 Å². The average Bonchev–Trinajstić information content (AvgIpc) is 2.41. The smallest absolute Gasteiger partial charge is 0.311 e. The molecule has 0 aromatic carbocycles. The summed E-state index contributed by atoms with van der Waals surface area (Å²) < 4.78 is 9.93. The number of nitrogens with one attached hydrogen (secondary N) is 1. The van der Waals surface area contributed by atoms with E-state index >= 15 is 0 Å². The van der Waals surface area contributed by atoms with Crippen molar-refractivity contribution >= 4 is 11.9 Å². The number of rotatable bonds is 6. The van der Waals surface area contributed by atoms with E-state index in [0.29, 0.717) is 0 Å². The summed E-state index contributed by atoms with van der Waals surface area (Å²) in [6.45, 7) is 5.31. The third kappa shape index (κ3) is 4.64. The van der Waals surface area contributed by atoms with Crippen molar-refractivity contribution in [2.45, 2.75) is 39.5 Å². The second-order valence-corrected chi connectivity index (χ2v) is 4.58. The van der Waals surface area contributed by atoms with Crippen LogP contribution in [0, 0.1) is 11.8 Å². The summed E-state index contributed by atoms with van der Waals surface area (Å²) >= 11 is 0. The molecule has 5 nitrogen and oxygen atoms in total. The van der Waals surface area contributed by atoms with Crippen molar-refractivity contribution < 1.29 is 19.1 Å². The van der Waals surface area contributed by atoms with Gasteiger partial charge in [0.15, 0.2) is 0 Å². The van der Waals surface area contributed by atoms with Gasteiger partial charge in [0.05, 0.1) is 11.8 Å². The largest absolute Gasteiger partial charge is 0.428 e. The summed E-state index contributed by atoms with van der Waals surface area (Å²) in [6.07, 6.45) is 3.08. The van der Waals surface area contributed by atoms with Crippen LogP contribution >= 0.6 is 0 Å². The molecule has 0 aromatic rings. The Morgan fingerprint density at radius 1 is 1.17 bits per heavy atom. The van der Waals surface area contributed by atoms with E-state index in [0.717, 1.165) is 38.8 Å². The normalized spacial score (nSPS) is 16.6. The van der Waals surface area contributed by atoms with Gasteiger partial charge in [0.1, 0.15) is 0 Å². The lowest BCUT2D eigenvalue weighted by molar-refractivity contribution is -0.173. The van der Waals surface area contributed by atoms with Crippen LogP contribution in [0.25, 0.3) is 0 Å². The van der Waals surface area contributed by atoms with Crippen LogP contribution in [0.3, 0.4) is 0 Å². The summed E-state index contributed by atoms with van der Waals surface area (Å²) in [5, 5.41) is 3.18. The van der Waals surface area contributed by atoms with Gasteiger partial charge in [-0.3, -0.25) is 9.59 Å². The summed E-state index contributed by atoms with van der Waals surface area (Å²) in [5.41, 5.74) is 0. The first-order valence-electron chi connectivity index (χ1n) is 6.73. The molecule has 1 fully saturated rings. The molecule has 0 amide bonds. The zero-order valence-corrected chi connectivity index (χ0v) is 11.2. The van der Waals surface area contributed by atoms with Crippen molar-refractivity contribution in [1.29, 1.82) is 0 Å². The van der Waals surface area contributed by atoms with Crippen LogP contribution in [-0.4, -0.2) is 31.8 Å². The fourth-order valence-corrected chi connectivity index (χ4v) is 2.06. The highest BCUT2D eigenvalue weighted by Crippen LogP contribution is 2.14. The van der Waals surface area contributed by atoms with Gasteiger partial charge in [-0.1, -0.05) is 13.8 Å². The van der Waals surface area contributed by atoms with Gasteiger partial charge in [-0.25, -0.2) is 0 Å². The molecular weight excluding hydrogens is 234 g/mol. The Hall–Kier alpha value is -1.10. The molecule has 0 unspecified atom stereocenters. The first-order valence-corrected chi connectivity index (χ1v) is 6.73. The Morgan fingerprint density at radius 3 is 2.33 bits per heavy atom. The molecule has 0 radical (unpaired) electrons. The molecule has 0 aliphatic carbocycles. The summed E-state index contributed by atoms with van der Waals surface area (Å²) in [4.78, 5) is 23.2. The predicted molar refractivity (Wildman–Crippen MR) is 66.7 cm³/mol. The molecule has 18 heavy (non-hydrogen) atoms. The lowest BCUT2D eigenvalue weighted by Crippen LogP contribution is -2.33. The first-order chi connectivity index (χ1) is 8.69. The first kappa shape index (κ1) is 15.0. The molecule has 0 saturated carbocycles. The fraction of sp³-hybridized carbons (Fsp3) is 0.846. The lowest BCUT2D eigenvalue weighted by atomic mass is 9.99. The van der Waals surface area contributed by atoms with E-state index in [-0.39, 0.29) is 30.6 Å². The minimum absolute atomic E-state index is 0.0573. The molecule has 1 aliphatic heterocycles. The van der Waals surface area contributed by atoms with Gasteiger partial charge in [0.2, 0.25) is 6.79 Å². The number of ether oxygens (including phenoxy) is 2. The van der Waals surface area contributed by atoms with E-state index in [4.69, 9.17) is 9.47 Å². The van der Waals surface area contributed by atoms with Crippen molar-refractivity contribution in [2.24, 2.45) is 11.8 Å². The highest BCUT2D eigenvalue weighted by molar-refractivity contribution is 5.74. The molecule has 1 rings (SSSR count). The van der Waals surface area contributed by atoms with Gasteiger partial charge in [-0.2, -0.15) is 0 Å². The van der Waals surface area contributed by atoms with E-state index in [1.165, 1.54) is 0 Å². The molecule has 5 heteroatoms. The number of carbonyl (C=O) groups excluding carboxylic acids is 2. The third-order valence-electron chi connectivity index (χ3n) is 3.39. The monoisotopic (exact) mass is 257 g/mol. The van der Waals surface area contributed by atoms with Crippen LogP contribution < -0.4 is 5.32 Å². The molecule has 1 aliphatic rings. The molecule has 104 valence electrons. The van der Waals surface area contributed by atoms with Crippen molar-refractivity contribution in [3.63, 3.8) is 0 Å². The maximum atomic E-state index is 11.6. The van der Waals surface area contributed by atoms with Gasteiger partial charge < -0.3 is 14.8 Å². The Labute approximate surface area is 108 Å². The van der Waals surface area contributed by atoms with E-state index in [9.17, 15) is 9.59 Å². The summed E-state index contributed by atoms with van der Waals surface area (Å²) in [5.74, 6) is -0.687. The van der Waals surface area contributed by atoms with E-state index in [1.807, 2.05) is 13.8 Å². The molecule has 1 heterocycles. The number of hydrogen-bond acceptors (Lipinski definition) is 5. The summed E-state index contributed by atoms with van der Waals surface area (Å²) in [6, 6.07) is 0. The number of esters is 2. The third-order valence-corrected chi connectivity index (χ3v) is 3.39. The molecular formula is C13H23NO4. The predicted octanol–water partition coefficient (Wildman–Crippen LogP) is 1.47. The number of carbonyl (C=O) groups is 2. The number of hydrogen-bond donors (Lipinski definition) is 1. The zero-order valence-electron chi connectivity index (χ0n) is 11.2. The van der Waals surface area contributed by atoms with Gasteiger partial charge in [0.25, 0.3) is 0 Å². The molecule has 0 atom stereocenters.